The summed E-state index contributed by atoms with van der Waals surface area (Å²) in [5.41, 5.74) is 5.87. The molecule has 0 aromatic heterocycles. The van der Waals surface area contributed by atoms with Gasteiger partial charge < -0.3 is 31.5 Å². The van der Waals surface area contributed by atoms with E-state index in [1.807, 2.05) is 6.92 Å². The summed E-state index contributed by atoms with van der Waals surface area (Å²) < 4.78 is 0. The number of carboxylic acids is 1. The van der Waals surface area contributed by atoms with Crippen molar-refractivity contribution in [1.82, 2.24) is 15.5 Å². The van der Waals surface area contributed by atoms with E-state index in [1.165, 1.54) is 11.8 Å². The number of carbonyl (C=O) groups is 4. The summed E-state index contributed by atoms with van der Waals surface area (Å²) >= 11 is 0. The number of hydrogen-bond acceptors (Lipinski definition) is 6. The molecule has 1 rings (SSSR count). The Balaban J connectivity index is 3.00. The first-order valence-corrected chi connectivity index (χ1v) is 10.5. The molecule has 0 aromatic rings. The van der Waals surface area contributed by atoms with Gasteiger partial charge >= 0.3 is 5.97 Å². The number of rotatable bonds is 10. The third kappa shape index (κ3) is 6.40. The van der Waals surface area contributed by atoms with E-state index in [1.54, 1.807) is 20.8 Å². The Labute approximate surface area is 177 Å². The Hall–Kier alpha value is -2.20. The second kappa shape index (κ2) is 11.3. The Morgan fingerprint density at radius 3 is 2.10 bits per heavy atom. The summed E-state index contributed by atoms with van der Waals surface area (Å²) in [4.78, 5) is 50.8. The lowest BCUT2D eigenvalue weighted by atomic mass is 9.96. The second-order valence-corrected chi connectivity index (χ2v) is 8.40. The van der Waals surface area contributed by atoms with E-state index in [0.717, 1.165) is 0 Å². The van der Waals surface area contributed by atoms with Gasteiger partial charge in [-0.1, -0.05) is 34.1 Å². The van der Waals surface area contributed by atoms with Gasteiger partial charge in [0.15, 0.2) is 0 Å². The summed E-state index contributed by atoms with van der Waals surface area (Å²) in [6, 6.07) is -4.04. The standard InChI is InChI=1S/C20H36N4O6/c1-6-11(4)15(22-17(26)14(21)10(2)3)18(27)23-16(12(5)25)19(28)24-9-7-8-13(24)20(29)30/h10-16,25H,6-9,21H2,1-5H3,(H,22,26)(H,23,27)(H,29,30). The van der Waals surface area contributed by atoms with Crippen LogP contribution in [0.1, 0.15) is 53.9 Å². The Bertz CT molecular complexity index is 639. The smallest absolute Gasteiger partial charge is 0.326 e. The normalized spacial score (nSPS) is 21.5. The Kier molecular flexibility index (Phi) is 9.70. The van der Waals surface area contributed by atoms with Crippen molar-refractivity contribution in [2.45, 2.75) is 84.2 Å². The van der Waals surface area contributed by atoms with E-state index >= 15 is 0 Å². The first kappa shape index (κ1) is 25.8. The topological polar surface area (TPSA) is 162 Å². The molecule has 10 heteroatoms. The molecule has 3 amide bonds. The number of aliphatic hydroxyl groups is 1. The zero-order valence-electron chi connectivity index (χ0n) is 18.4. The average Bonchev–Trinajstić information content (AvgIpc) is 3.17. The molecule has 172 valence electrons. The van der Waals surface area contributed by atoms with Crippen LogP contribution in [-0.4, -0.2) is 75.6 Å². The fourth-order valence-corrected chi connectivity index (χ4v) is 3.35. The van der Waals surface area contributed by atoms with Crippen LogP contribution in [0.5, 0.6) is 0 Å². The number of nitrogens with one attached hydrogen (secondary N) is 2. The largest absolute Gasteiger partial charge is 0.480 e. The van der Waals surface area contributed by atoms with Crippen LogP contribution in [-0.2, 0) is 19.2 Å². The summed E-state index contributed by atoms with van der Waals surface area (Å²) in [5.74, 6) is -3.26. The predicted molar refractivity (Wildman–Crippen MR) is 110 cm³/mol. The molecular formula is C20H36N4O6. The van der Waals surface area contributed by atoms with Crippen LogP contribution in [0.25, 0.3) is 0 Å². The molecule has 0 aliphatic carbocycles. The first-order valence-electron chi connectivity index (χ1n) is 10.5. The average molecular weight is 429 g/mol. The van der Waals surface area contributed by atoms with Crippen molar-refractivity contribution in [3.05, 3.63) is 0 Å². The van der Waals surface area contributed by atoms with Gasteiger partial charge in [0, 0.05) is 6.54 Å². The molecule has 1 aliphatic heterocycles. The zero-order valence-corrected chi connectivity index (χ0v) is 18.4. The Morgan fingerprint density at radius 2 is 1.63 bits per heavy atom. The minimum Gasteiger partial charge on any atom is -0.480 e. The predicted octanol–water partition coefficient (Wildman–Crippen LogP) is -0.558. The third-order valence-corrected chi connectivity index (χ3v) is 5.68. The summed E-state index contributed by atoms with van der Waals surface area (Å²) in [5, 5.41) is 24.6. The zero-order chi connectivity index (χ0) is 23.2. The summed E-state index contributed by atoms with van der Waals surface area (Å²) in [6.45, 7) is 8.81. The van der Waals surface area contributed by atoms with Gasteiger partial charge in [-0.25, -0.2) is 4.79 Å². The molecule has 1 fully saturated rings. The number of carbonyl (C=O) groups excluding carboxylic acids is 3. The van der Waals surface area contributed by atoms with Crippen LogP contribution in [0.15, 0.2) is 0 Å². The lowest BCUT2D eigenvalue weighted by Gasteiger charge is -2.31. The fraction of sp³-hybridized carbons (Fsp3) is 0.800. The number of carboxylic acid groups (broad SMARTS) is 1. The molecule has 1 aliphatic rings. The highest BCUT2D eigenvalue weighted by molar-refractivity contribution is 5.94. The van der Waals surface area contributed by atoms with Crippen LogP contribution in [0.2, 0.25) is 0 Å². The highest BCUT2D eigenvalue weighted by Gasteiger charge is 2.40. The molecule has 1 saturated heterocycles. The van der Waals surface area contributed by atoms with Crippen LogP contribution in [0.4, 0.5) is 0 Å². The fourth-order valence-electron chi connectivity index (χ4n) is 3.35. The molecule has 0 saturated carbocycles. The number of aliphatic carboxylic acids is 1. The van der Waals surface area contributed by atoms with E-state index in [0.29, 0.717) is 19.3 Å². The lowest BCUT2D eigenvalue weighted by Crippen LogP contribution is -2.61. The number of likely N-dealkylation sites (tertiary alicyclic amines) is 1. The van der Waals surface area contributed by atoms with Gasteiger partial charge in [-0.2, -0.15) is 0 Å². The van der Waals surface area contributed by atoms with Gasteiger partial charge in [0.05, 0.1) is 12.1 Å². The quantitative estimate of drug-likeness (QED) is 0.311. The van der Waals surface area contributed by atoms with Gasteiger partial charge in [-0.15, -0.1) is 0 Å². The minimum atomic E-state index is -1.32. The molecule has 6 N–H and O–H groups in total. The van der Waals surface area contributed by atoms with E-state index in [-0.39, 0.29) is 18.4 Å². The molecule has 0 aromatic carbocycles. The van der Waals surface area contributed by atoms with Crippen LogP contribution >= 0.6 is 0 Å². The van der Waals surface area contributed by atoms with E-state index in [2.05, 4.69) is 10.6 Å². The Morgan fingerprint density at radius 1 is 1.07 bits per heavy atom. The summed E-state index contributed by atoms with van der Waals surface area (Å²) in [6.07, 6.45) is 0.181. The van der Waals surface area contributed by atoms with Crippen LogP contribution in [0.3, 0.4) is 0 Å². The minimum absolute atomic E-state index is 0.124. The molecule has 0 bridgehead atoms. The number of hydrogen-bond donors (Lipinski definition) is 5. The number of aliphatic hydroxyl groups excluding tert-OH is 1. The van der Waals surface area contributed by atoms with Crippen molar-refractivity contribution >= 4 is 23.7 Å². The van der Waals surface area contributed by atoms with E-state index < -0.39 is 54.0 Å². The van der Waals surface area contributed by atoms with Crippen molar-refractivity contribution < 1.29 is 29.4 Å². The van der Waals surface area contributed by atoms with Gasteiger partial charge in [-0.05, 0) is 31.6 Å². The molecule has 0 spiro atoms. The van der Waals surface area contributed by atoms with Crippen molar-refractivity contribution in [1.29, 1.82) is 0 Å². The molecule has 0 radical (unpaired) electrons. The maximum absolute atomic E-state index is 13.0. The molecule has 6 unspecified atom stereocenters. The second-order valence-electron chi connectivity index (χ2n) is 8.40. The van der Waals surface area contributed by atoms with Gasteiger partial charge in [-0.3, -0.25) is 14.4 Å². The van der Waals surface area contributed by atoms with Gasteiger partial charge in [0.2, 0.25) is 17.7 Å². The van der Waals surface area contributed by atoms with Crippen molar-refractivity contribution in [2.75, 3.05) is 6.54 Å². The third-order valence-electron chi connectivity index (χ3n) is 5.68. The van der Waals surface area contributed by atoms with Crippen LogP contribution < -0.4 is 16.4 Å². The first-order chi connectivity index (χ1) is 13.9. The number of nitrogens with zero attached hydrogens (tertiary/aromatic N) is 1. The monoisotopic (exact) mass is 428 g/mol. The molecule has 30 heavy (non-hydrogen) atoms. The van der Waals surface area contributed by atoms with Gasteiger partial charge in [0.25, 0.3) is 0 Å². The molecular weight excluding hydrogens is 392 g/mol. The van der Waals surface area contributed by atoms with Gasteiger partial charge in [0.1, 0.15) is 18.1 Å². The number of nitrogens with two attached hydrogens (primary N) is 1. The maximum atomic E-state index is 13.0. The number of amides is 3. The molecule has 10 nitrogen and oxygen atoms in total. The SMILES string of the molecule is CCC(C)C(NC(=O)C(N)C(C)C)C(=O)NC(C(=O)N1CCCC1C(=O)O)C(C)O. The van der Waals surface area contributed by atoms with E-state index in [9.17, 15) is 29.4 Å². The maximum Gasteiger partial charge on any atom is 0.326 e. The highest BCUT2D eigenvalue weighted by atomic mass is 16.4. The molecule has 1 heterocycles. The lowest BCUT2D eigenvalue weighted by molar-refractivity contribution is -0.151. The molecule has 6 atom stereocenters. The van der Waals surface area contributed by atoms with E-state index in [4.69, 9.17) is 5.73 Å². The van der Waals surface area contributed by atoms with Crippen molar-refractivity contribution in [2.24, 2.45) is 17.6 Å². The van der Waals surface area contributed by atoms with Crippen molar-refractivity contribution in [3.8, 4) is 0 Å². The summed E-state index contributed by atoms with van der Waals surface area (Å²) in [7, 11) is 0. The highest BCUT2D eigenvalue weighted by Crippen LogP contribution is 2.19. The van der Waals surface area contributed by atoms with Crippen molar-refractivity contribution in [3.63, 3.8) is 0 Å². The van der Waals surface area contributed by atoms with Crippen LogP contribution in [0, 0.1) is 11.8 Å².